The summed E-state index contributed by atoms with van der Waals surface area (Å²) in [6.07, 6.45) is 2.41. The first kappa shape index (κ1) is 15.2. The largest absolute Gasteiger partial charge is 0.488 e. The van der Waals surface area contributed by atoms with Gasteiger partial charge in [-0.05, 0) is 18.9 Å². The first-order chi connectivity index (χ1) is 9.81. The van der Waals surface area contributed by atoms with Crippen LogP contribution in [0.5, 0.6) is 5.75 Å². The fourth-order valence-electron chi connectivity index (χ4n) is 1.84. The SMILES string of the molecule is COCCOCCOc1c(F)cccc1CNC1CC1. The number of ether oxygens (including phenoxy) is 3. The molecule has 112 valence electrons. The van der Waals surface area contributed by atoms with Crippen LogP contribution in [0, 0.1) is 5.82 Å². The molecule has 0 radical (unpaired) electrons. The minimum atomic E-state index is -0.322. The van der Waals surface area contributed by atoms with E-state index in [0.717, 1.165) is 5.56 Å². The fraction of sp³-hybridized carbons (Fsp3) is 0.600. The monoisotopic (exact) mass is 283 g/mol. The van der Waals surface area contributed by atoms with Crippen molar-refractivity contribution < 1.29 is 18.6 Å². The smallest absolute Gasteiger partial charge is 0.165 e. The number of halogens is 1. The second kappa shape index (κ2) is 8.19. The van der Waals surface area contributed by atoms with Gasteiger partial charge in [-0.1, -0.05) is 12.1 Å². The standard InChI is InChI=1S/C15H22FNO3/c1-18-7-8-19-9-10-20-15-12(3-2-4-14(15)16)11-17-13-5-6-13/h2-4,13,17H,5-11H2,1H3. The highest BCUT2D eigenvalue weighted by Crippen LogP contribution is 2.25. The molecule has 0 heterocycles. The number of methoxy groups -OCH3 is 1. The van der Waals surface area contributed by atoms with Gasteiger partial charge in [-0.15, -0.1) is 0 Å². The van der Waals surface area contributed by atoms with Crippen LogP contribution in [-0.2, 0) is 16.0 Å². The summed E-state index contributed by atoms with van der Waals surface area (Å²) in [6.45, 7) is 2.47. The van der Waals surface area contributed by atoms with Crippen molar-refractivity contribution in [2.24, 2.45) is 0 Å². The van der Waals surface area contributed by atoms with E-state index >= 15 is 0 Å². The van der Waals surface area contributed by atoms with Gasteiger partial charge in [-0.25, -0.2) is 4.39 Å². The summed E-state index contributed by atoms with van der Waals surface area (Å²) < 4.78 is 29.5. The molecule has 0 saturated heterocycles. The third kappa shape index (κ3) is 5.07. The summed E-state index contributed by atoms with van der Waals surface area (Å²) >= 11 is 0. The van der Waals surface area contributed by atoms with Crippen LogP contribution < -0.4 is 10.1 Å². The molecule has 1 aliphatic carbocycles. The number of benzene rings is 1. The number of para-hydroxylation sites is 1. The van der Waals surface area contributed by atoms with E-state index in [2.05, 4.69) is 5.32 Å². The van der Waals surface area contributed by atoms with Crippen molar-refractivity contribution in [2.75, 3.05) is 33.5 Å². The van der Waals surface area contributed by atoms with Crippen molar-refractivity contribution in [3.05, 3.63) is 29.6 Å². The lowest BCUT2D eigenvalue weighted by Crippen LogP contribution is -2.17. The van der Waals surface area contributed by atoms with Gasteiger partial charge in [0, 0.05) is 25.3 Å². The Labute approximate surface area is 119 Å². The van der Waals surface area contributed by atoms with Gasteiger partial charge in [-0.2, -0.15) is 0 Å². The van der Waals surface area contributed by atoms with Crippen LogP contribution in [0.3, 0.4) is 0 Å². The molecule has 0 aromatic heterocycles. The summed E-state index contributed by atoms with van der Waals surface area (Å²) in [4.78, 5) is 0. The Balaban J connectivity index is 1.78. The van der Waals surface area contributed by atoms with Crippen LogP contribution in [0.15, 0.2) is 18.2 Å². The van der Waals surface area contributed by atoms with Crippen molar-refractivity contribution in [3.63, 3.8) is 0 Å². The second-order valence-electron chi connectivity index (χ2n) is 4.84. The molecule has 0 amide bonds. The molecule has 0 atom stereocenters. The minimum absolute atomic E-state index is 0.322. The van der Waals surface area contributed by atoms with Gasteiger partial charge < -0.3 is 19.5 Å². The Hall–Kier alpha value is -1.17. The molecule has 0 aliphatic heterocycles. The number of hydrogen-bond donors (Lipinski definition) is 1. The third-order valence-electron chi connectivity index (χ3n) is 3.11. The highest BCUT2D eigenvalue weighted by Gasteiger charge is 2.21. The van der Waals surface area contributed by atoms with E-state index in [1.54, 1.807) is 13.2 Å². The van der Waals surface area contributed by atoms with Gasteiger partial charge >= 0.3 is 0 Å². The summed E-state index contributed by atoms with van der Waals surface area (Å²) in [6, 6.07) is 5.60. The Morgan fingerprint density at radius 2 is 2.00 bits per heavy atom. The molecule has 0 bridgehead atoms. The second-order valence-corrected chi connectivity index (χ2v) is 4.84. The van der Waals surface area contributed by atoms with Gasteiger partial charge in [0.15, 0.2) is 11.6 Å². The predicted molar refractivity (Wildman–Crippen MR) is 74.5 cm³/mol. The van der Waals surface area contributed by atoms with Crippen molar-refractivity contribution in [1.29, 1.82) is 0 Å². The summed E-state index contributed by atoms with van der Waals surface area (Å²) in [7, 11) is 1.62. The van der Waals surface area contributed by atoms with Crippen LogP contribution in [0.4, 0.5) is 4.39 Å². The number of nitrogens with one attached hydrogen (secondary N) is 1. The molecular weight excluding hydrogens is 261 g/mol. The topological polar surface area (TPSA) is 39.7 Å². The minimum Gasteiger partial charge on any atom is -0.488 e. The van der Waals surface area contributed by atoms with Crippen molar-refractivity contribution in [2.45, 2.75) is 25.4 Å². The maximum Gasteiger partial charge on any atom is 0.165 e. The zero-order valence-electron chi connectivity index (χ0n) is 11.9. The van der Waals surface area contributed by atoms with E-state index in [1.165, 1.54) is 18.9 Å². The van der Waals surface area contributed by atoms with Crippen molar-refractivity contribution in [1.82, 2.24) is 5.32 Å². The molecule has 1 fully saturated rings. The summed E-state index contributed by atoms with van der Waals surface area (Å²) in [5, 5.41) is 3.36. The van der Waals surface area contributed by atoms with E-state index in [9.17, 15) is 4.39 Å². The van der Waals surface area contributed by atoms with E-state index in [0.29, 0.717) is 44.8 Å². The van der Waals surface area contributed by atoms with Gasteiger partial charge in [0.1, 0.15) is 6.61 Å². The van der Waals surface area contributed by atoms with Crippen LogP contribution in [0.1, 0.15) is 18.4 Å². The lowest BCUT2D eigenvalue weighted by atomic mass is 10.2. The van der Waals surface area contributed by atoms with Gasteiger partial charge in [0.25, 0.3) is 0 Å². The molecule has 1 aromatic carbocycles. The number of hydrogen-bond acceptors (Lipinski definition) is 4. The molecule has 1 aliphatic rings. The summed E-state index contributed by atoms with van der Waals surface area (Å²) in [5.41, 5.74) is 0.855. The Morgan fingerprint density at radius 1 is 1.20 bits per heavy atom. The van der Waals surface area contributed by atoms with E-state index < -0.39 is 0 Å². The zero-order valence-corrected chi connectivity index (χ0v) is 11.9. The Bertz CT molecular complexity index is 410. The third-order valence-corrected chi connectivity index (χ3v) is 3.11. The van der Waals surface area contributed by atoms with E-state index in [4.69, 9.17) is 14.2 Å². The quantitative estimate of drug-likeness (QED) is 0.668. The molecule has 20 heavy (non-hydrogen) atoms. The molecule has 1 saturated carbocycles. The first-order valence-electron chi connectivity index (χ1n) is 7.01. The normalized spacial score (nSPS) is 14.5. The highest BCUT2D eigenvalue weighted by molar-refractivity contribution is 5.35. The molecule has 5 heteroatoms. The average molecular weight is 283 g/mol. The van der Waals surface area contributed by atoms with E-state index in [-0.39, 0.29) is 5.82 Å². The summed E-state index contributed by atoms with van der Waals surface area (Å²) in [5.74, 6) is 0.00739. The molecule has 0 unspecified atom stereocenters. The average Bonchev–Trinajstić information content (AvgIpc) is 3.26. The molecule has 2 rings (SSSR count). The van der Waals surface area contributed by atoms with Crippen molar-refractivity contribution >= 4 is 0 Å². The van der Waals surface area contributed by atoms with Gasteiger partial charge in [-0.3, -0.25) is 0 Å². The highest BCUT2D eigenvalue weighted by atomic mass is 19.1. The molecule has 0 spiro atoms. The first-order valence-corrected chi connectivity index (χ1v) is 7.01. The van der Waals surface area contributed by atoms with Gasteiger partial charge in [0.05, 0.1) is 19.8 Å². The maximum absolute atomic E-state index is 13.8. The van der Waals surface area contributed by atoms with Crippen molar-refractivity contribution in [3.8, 4) is 5.75 Å². The van der Waals surface area contributed by atoms with Crippen LogP contribution >= 0.6 is 0 Å². The lowest BCUT2D eigenvalue weighted by molar-refractivity contribution is 0.0536. The van der Waals surface area contributed by atoms with E-state index in [1.807, 2.05) is 6.07 Å². The van der Waals surface area contributed by atoms with Gasteiger partial charge in [0.2, 0.25) is 0 Å². The molecular formula is C15H22FNO3. The molecule has 1 aromatic rings. The molecule has 1 N–H and O–H groups in total. The van der Waals surface area contributed by atoms with Crippen LogP contribution in [-0.4, -0.2) is 39.6 Å². The predicted octanol–water partition coefficient (Wildman–Crippen LogP) is 2.12. The maximum atomic E-state index is 13.8. The fourth-order valence-corrected chi connectivity index (χ4v) is 1.84. The van der Waals surface area contributed by atoms with Crippen LogP contribution in [0.25, 0.3) is 0 Å². The van der Waals surface area contributed by atoms with Crippen LogP contribution in [0.2, 0.25) is 0 Å². The Morgan fingerprint density at radius 3 is 2.75 bits per heavy atom. The zero-order chi connectivity index (χ0) is 14.2. The molecule has 4 nitrogen and oxygen atoms in total. The Kier molecular flexibility index (Phi) is 6.24. The number of rotatable bonds is 10. The lowest BCUT2D eigenvalue weighted by Gasteiger charge is -2.13.